The summed E-state index contributed by atoms with van der Waals surface area (Å²) >= 11 is 0. The zero-order valence-corrected chi connectivity index (χ0v) is 28.5. The van der Waals surface area contributed by atoms with Crippen LogP contribution in [0.2, 0.25) is 0 Å². The topological polar surface area (TPSA) is 122 Å². The first-order chi connectivity index (χ1) is 21.6. The lowest BCUT2D eigenvalue weighted by molar-refractivity contribution is -0.180. The highest BCUT2D eigenvalue weighted by molar-refractivity contribution is 5.74. The molecule has 7 heteroatoms. The summed E-state index contributed by atoms with van der Waals surface area (Å²) < 4.78 is 0. The number of hydrogen-bond acceptors (Lipinski definition) is 7. The highest BCUT2D eigenvalue weighted by Crippen LogP contribution is 2.64. The molecular weight excluding hydrogens is 564 g/mol. The molecule has 0 aliphatic heterocycles. The number of nitrogens with one attached hydrogen (secondary N) is 2. The van der Waals surface area contributed by atoms with Crippen LogP contribution in [0.1, 0.15) is 97.8 Å². The zero-order chi connectivity index (χ0) is 33.1. The van der Waals surface area contributed by atoms with Gasteiger partial charge < -0.3 is 31.1 Å². The molecule has 1 spiro atoms. The number of hydrogen-bond donors (Lipinski definition) is 6. The summed E-state index contributed by atoms with van der Waals surface area (Å²) in [6.07, 6.45) is 17.9. The normalized spacial score (nSPS) is 31.7. The highest BCUT2D eigenvalue weighted by atomic mass is 16.3. The van der Waals surface area contributed by atoms with Crippen molar-refractivity contribution in [1.82, 2.24) is 10.6 Å². The van der Waals surface area contributed by atoms with E-state index in [1.165, 1.54) is 18.4 Å². The quantitative estimate of drug-likeness (QED) is 0.0559. The first kappa shape index (κ1) is 37.6. The second kappa shape index (κ2) is 17.3. The van der Waals surface area contributed by atoms with Crippen molar-refractivity contribution in [2.24, 2.45) is 22.7 Å². The van der Waals surface area contributed by atoms with Crippen molar-refractivity contribution in [2.75, 3.05) is 39.9 Å². The Morgan fingerprint density at radius 3 is 2.49 bits per heavy atom. The molecule has 0 aromatic rings. The Morgan fingerprint density at radius 2 is 1.87 bits per heavy atom. The van der Waals surface area contributed by atoms with Gasteiger partial charge in [-0.1, -0.05) is 61.8 Å². The molecule has 0 aromatic heterocycles. The van der Waals surface area contributed by atoms with Crippen LogP contribution in [0.3, 0.4) is 0 Å². The molecule has 0 saturated heterocycles. The maximum absolute atomic E-state index is 12.4. The van der Waals surface area contributed by atoms with Crippen molar-refractivity contribution in [3.05, 3.63) is 58.7 Å². The maximum atomic E-state index is 12.4. The molecule has 3 aliphatic carbocycles. The minimum absolute atomic E-state index is 0.0113. The van der Waals surface area contributed by atoms with Gasteiger partial charge in [-0.15, -0.1) is 0 Å². The number of carbonyl (C=O) groups excluding carboxylic acids is 1. The molecule has 0 aromatic carbocycles. The number of aldehydes is 1. The van der Waals surface area contributed by atoms with Crippen LogP contribution in [-0.4, -0.2) is 78.3 Å². The molecular formula is C38H62N2O5. The van der Waals surface area contributed by atoms with E-state index >= 15 is 0 Å². The highest BCUT2D eigenvalue weighted by Gasteiger charge is 2.65. The summed E-state index contributed by atoms with van der Waals surface area (Å²) in [5, 5.41) is 51.6. The van der Waals surface area contributed by atoms with Gasteiger partial charge in [0.1, 0.15) is 6.29 Å². The number of carbonyl (C=O) groups is 1. The summed E-state index contributed by atoms with van der Waals surface area (Å²) in [7, 11) is 1.86. The van der Waals surface area contributed by atoms with Gasteiger partial charge in [-0.3, -0.25) is 4.79 Å². The van der Waals surface area contributed by atoms with Gasteiger partial charge in [0.2, 0.25) is 0 Å². The number of allylic oxidation sites excluding steroid dienone is 7. The molecule has 3 aliphatic rings. The molecule has 45 heavy (non-hydrogen) atoms. The van der Waals surface area contributed by atoms with Crippen LogP contribution in [0.25, 0.3) is 0 Å². The first-order valence-electron chi connectivity index (χ1n) is 17.4. The maximum Gasteiger partial charge on any atom is 0.145 e. The number of aliphatic hydroxyl groups is 4. The largest absolute Gasteiger partial charge is 0.396 e. The molecule has 0 unspecified atom stereocenters. The van der Waals surface area contributed by atoms with Gasteiger partial charge >= 0.3 is 0 Å². The molecule has 6 N–H and O–H groups in total. The van der Waals surface area contributed by atoms with Crippen LogP contribution < -0.4 is 10.6 Å². The van der Waals surface area contributed by atoms with Crippen molar-refractivity contribution in [3.8, 4) is 0 Å². The van der Waals surface area contributed by atoms with Crippen molar-refractivity contribution in [2.45, 2.75) is 110 Å². The van der Waals surface area contributed by atoms with E-state index in [1.807, 2.05) is 26.1 Å². The Morgan fingerprint density at radius 1 is 1.13 bits per heavy atom. The van der Waals surface area contributed by atoms with Gasteiger partial charge in [-0.2, -0.15) is 0 Å². The molecule has 7 nitrogen and oxygen atoms in total. The van der Waals surface area contributed by atoms with Gasteiger partial charge in [-0.05, 0) is 126 Å². The Hall–Kier alpha value is -1.87. The number of rotatable bonds is 17. The zero-order valence-electron chi connectivity index (χ0n) is 28.5. The van der Waals surface area contributed by atoms with Crippen molar-refractivity contribution in [1.29, 1.82) is 0 Å². The van der Waals surface area contributed by atoms with Gasteiger partial charge in [-0.25, -0.2) is 0 Å². The van der Waals surface area contributed by atoms with Gasteiger partial charge in [0.05, 0.1) is 18.3 Å². The summed E-state index contributed by atoms with van der Waals surface area (Å²) in [6, 6.07) is 0. The van der Waals surface area contributed by atoms with Gasteiger partial charge in [0.25, 0.3) is 0 Å². The average molecular weight is 627 g/mol. The summed E-state index contributed by atoms with van der Waals surface area (Å²) in [6.45, 7) is 12.9. The van der Waals surface area contributed by atoms with E-state index in [9.17, 15) is 25.2 Å². The SMILES string of the molecule is C=C(/C=C/C=C(/CO)[C@@H]1CC[C@]2([C@@H]1O)[C@@H](CCCO)/C(=C(/C)C=O)CC[C@]2(O)CCNC)C1(C/C=C(\C)CNCC)CCCC1. The Bertz CT molecular complexity index is 1120. The van der Waals surface area contributed by atoms with Crippen LogP contribution in [0.5, 0.6) is 0 Å². The van der Waals surface area contributed by atoms with E-state index in [1.54, 1.807) is 0 Å². The molecule has 3 saturated carbocycles. The lowest BCUT2D eigenvalue weighted by atomic mass is 9.51. The second-order valence-electron chi connectivity index (χ2n) is 14.1. The molecule has 3 rings (SSSR count). The summed E-state index contributed by atoms with van der Waals surface area (Å²) in [5.74, 6) is -0.550. The fourth-order valence-electron chi connectivity index (χ4n) is 8.91. The number of likely N-dealkylation sites (N-methyl/N-ethyl adjacent to an activating group) is 1. The summed E-state index contributed by atoms with van der Waals surface area (Å²) in [4.78, 5) is 12.0. The predicted molar refractivity (Wildman–Crippen MR) is 184 cm³/mol. The van der Waals surface area contributed by atoms with Crippen LogP contribution in [0.4, 0.5) is 0 Å². The fourth-order valence-corrected chi connectivity index (χ4v) is 8.91. The van der Waals surface area contributed by atoms with Crippen LogP contribution >= 0.6 is 0 Å². The van der Waals surface area contributed by atoms with Crippen molar-refractivity contribution in [3.63, 3.8) is 0 Å². The lowest BCUT2D eigenvalue weighted by Crippen LogP contribution is -2.61. The predicted octanol–water partition coefficient (Wildman–Crippen LogP) is 5.32. The van der Waals surface area contributed by atoms with Crippen molar-refractivity contribution < 1.29 is 25.2 Å². The third kappa shape index (κ3) is 8.17. The molecule has 0 bridgehead atoms. The lowest BCUT2D eigenvalue weighted by Gasteiger charge is -2.57. The Kier molecular flexibility index (Phi) is 14.5. The van der Waals surface area contributed by atoms with E-state index in [4.69, 9.17) is 0 Å². The second-order valence-corrected chi connectivity index (χ2v) is 14.1. The molecule has 0 amide bonds. The van der Waals surface area contributed by atoms with Crippen LogP contribution in [0.15, 0.2) is 58.7 Å². The van der Waals surface area contributed by atoms with E-state index in [-0.39, 0.29) is 30.5 Å². The average Bonchev–Trinajstić information content (AvgIpc) is 3.67. The van der Waals surface area contributed by atoms with E-state index in [2.05, 4.69) is 43.2 Å². The van der Waals surface area contributed by atoms with Crippen molar-refractivity contribution >= 4 is 6.29 Å². The standard InChI is InChI=1S/C38H62N2O5/c1-6-40-25-28(2)14-19-36(17-7-8-18-36)30(4)11-9-12-31(27-43)33-16-21-38(35(33)44)34(13-10-24-41)32(29(3)26-42)15-20-37(38,45)22-23-39-5/h9,11-12,14,26,33-35,39-41,43-45H,4,6-8,10,13,15-25,27H2,1-3,5H3/b11-9+,28-14+,31-12-,32-29-/t33-,34-,35+,37-,38+/m0/s1. The Labute approximate surface area is 272 Å². The smallest absolute Gasteiger partial charge is 0.145 e. The molecule has 0 heterocycles. The fraction of sp³-hybridized carbons (Fsp3) is 0.711. The molecule has 3 fully saturated rings. The summed E-state index contributed by atoms with van der Waals surface area (Å²) in [5.41, 5.74) is 2.90. The molecule has 0 radical (unpaired) electrons. The van der Waals surface area contributed by atoms with Gasteiger partial charge in [0, 0.05) is 24.5 Å². The molecule has 5 atom stereocenters. The van der Waals surface area contributed by atoms with Crippen LogP contribution in [0, 0.1) is 22.7 Å². The number of aliphatic hydroxyl groups excluding tert-OH is 3. The molecule has 254 valence electrons. The monoisotopic (exact) mass is 626 g/mol. The van der Waals surface area contributed by atoms with E-state index in [0.717, 1.165) is 55.4 Å². The van der Waals surface area contributed by atoms with Crippen LogP contribution in [-0.2, 0) is 4.79 Å². The van der Waals surface area contributed by atoms with Gasteiger partial charge in [0.15, 0.2) is 0 Å². The minimum Gasteiger partial charge on any atom is -0.396 e. The third-order valence-electron chi connectivity index (χ3n) is 11.6. The minimum atomic E-state index is -1.14. The Balaban J connectivity index is 1.92. The third-order valence-corrected chi connectivity index (χ3v) is 11.6. The first-order valence-corrected chi connectivity index (χ1v) is 17.4. The van der Waals surface area contributed by atoms with E-state index < -0.39 is 17.1 Å². The van der Waals surface area contributed by atoms with E-state index in [0.29, 0.717) is 57.1 Å².